The monoisotopic (exact) mass is 219 g/mol. The average molecular weight is 219 g/mol. The average Bonchev–Trinajstić information content (AvgIpc) is 2.43. The molecule has 1 nitrogen and oxygen atoms in total. The maximum Gasteiger partial charge on any atom is 0.103 e. The Morgan fingerprint density at radius 3 is 2.83 bits per heavy atom. The summed E-state index contributed by atoms with van der Waals surface area (Å²) in [7, 11) is 0. The van der Waals surface area contributed by atoms with Crippen LogP contribution in [0.4, 0.5) is 0 Å². The molecule has 68 valence electrons. The number of thiazole rings is 1. The van der Waals surface area contributed by atoms with Crippen molar-refractivity contribution in [1.82, 2.24) is 4.98 Å². The summed E-state index contributed by atoms with van der Waals surface area (Å²) in [4.78, 5) is 5.78. The van der Waals surface area contributed by atoms with Gasteiger partial charge < -0.3 is 0 Å². The van der Waals surface area contributed by atoms with Crippen LogP contribution in [0.1, 0.15) is 22.5 Å². The maximum absolute atomic E-state index is 4.47. The van der Waals surface area contributed by atoms with Crippen LogP contribution in [0.25, 0.3) is 0 Å². The molecule has 0 saturated carbocycles. The van der Waals surface area contributed by atoms with Gasteiger partial charge in [0, 0.05) is 16.4 Å². The molecule has 0 spiro atoms. The highest BCUT2D eigenvalue weighted by molar-refractivity contribution is 7.98. The quantitative estimate of drug-likeness (QED) is 0.781. The lowest BCUT2D eigenvalue weighted by Gasteiger charge is -1.90. The molecule has 0 fully saturated rings. The van der Waals surface area contributed by atoms with Gasteiger partial charge in [-0.05, 0) is 12.7 Å². The largest absolute Gasteiger partial charge is 0.245 e. The molecule has 4 heteroatoms. The molecule has 0 aliphatic carbocycles. The van der Waals surface area contributed by atoms with Crippen LogP contribution in [-0.4, -0.2) is 10.7 Å². The van der Waals surface area contributed by atoms with Crippen molar-refractivity contribution in [3.8, 4) is 0 Å². The molecule has 0 atom stereocenters. The van der Waals surface area contributed by atoms with Crippen LogP contribution in [0.3, 0.4) is 0 Å². The first-order valence-corrected chi connectivity index (χ1v) is 6.52. The minimum Gasteiger partial charge on any atom is -0.245 e. The Hall–Kier alpha value is 0.330. The van der Waals surface area contributed by atoms with Crippen LogP contribution in [0, 0.1) is 6.92 Å². The first kappa shape index (κ1) is 10.4. The van der Waals surface area contributed by atoms with Gasteiger partial charge in [0.05, 0.1) is 5.69 Å². The van der Waals surface area contributed by atoms with E-state index in [1.165, 1.54) is 9.88 Å². The van der Waals surface area contributed by atoms with Crippen LogP contribution < -0.4 is 0 Å². The van der Waals surface area contributed by atoms with E-state index in [1.54, 1.807) is 11.3 Å². The standard InChI is InChI=1S/C8H13NS3/c1-3-11-5-8-9-6(2)7(4-10)12-8/h10H,3-5H2,1-2H3. The van der Waals surface area contributed by atoms with Gasteiger partial charge in [0.2, 0.25) is 0 Å². The lowest BCUT2D eigenvalue weighted by atomic mass is 10.4. The molecular weight excluding hydrogens is 206 g/mol. The topological polar surface area (TPSA) is 12.9 Å². The number of nitrogens with zero attached hydrogens (tertiary/aromatic N) is 1. The number of aryl methyl sites for hydroxylation is 1. The third-order valence-corrected chi connectivity index (χ3v) is 4.27. The highest BCUT2D eigenvalue weighted by Crippen LogP contribution is 2.23. The van der Waals surface area contributed by atoms with Crippen molar-refractivity contribution in [1.29, 1.82) is 0 Å². The van der Waals surface area contributed by atoms with Crippen molar-refractivity contribution in [3.05, 3.63) is 15.6 Å². The summed E-state index contributed by atoms with van der Waals surface area (Å²) in [6, 6.07) is 0. The van der Waals surface area contributed by atoms with Crippen molar-refractivity contribution in [3.63, 3.8) is 0 Å². The van der Waals surface area contributed by atoms with Crippen molar-refractivity contribution in [2.24, 2.45) is 0 Å². The normalized spacial score (nSPS) is 10.6. The van der Waals surface area contributed by atoms with Gasteiger partial charge in [-0.25, -0.2) is 4.98 Å². The van der Waals surface area contributed by atoms with Gasteiger partial charge >= 0.3 is 0 Å². The lowest BCUT2D eigenvalue weighted by molar-refractivity contribution is 1.16. The minimum atomic E-state index is 0.820. The number of rotatable bonds is 4. The zero-order valence-corrected chi connectivity index (χ0v) is 9.86. The van der Waals surface area contributed by atoms with Crippen molar-refractivity contribution < 1.29 is 0 Å². The van der Waals surface area contributed by atoms with E-state index in [1.807, 2.05) is 11.8 Å². The summed E-state index contributed by atoms with van der Waals surface area (Å²) >= 11 is 7.96. The van der Waals surface area contributed by atoms with E-state index < -0.39 is 0 Å². The molecule has 0 amide bonds. The van der Waals surface area contributed by atoms with E-state index in [0.717, 1.165) is 23.0 Å². The fourth-order valence-corrected chi connectivity index (χ4v) is 2.96. The second-order valence-corrected chi connectivity index (χ2v) is 5.17. The van der Waals surface area contributed by atoms with Gasteiger partial charge in [-0.2, -0.15) is 24.4 Å². The fraction of sp³-hybridized carbons (Fsp3) is 0.625. The molecule has 0 unspecified atom stereocenters. The summed E-state index contributed by atoms with van der Waals surface area (Å²) in [6.07, 6.45) is 0. The number of hydrogen-bond donors (Lipinski definition) is 1. The highest BCUT2D eigenvalue weighted by atomic mass is 32.2. The van der Waals surface area contributed by atoms with Crippen LogP contribution >= 0.6 is 35.7 Å². The van der Waals surface area contributed by atoms with Gasteiger partial charge in [0.15, 0.2) is 0 Å². The van der Waals surface area contributed by atoms with Crippen molar-refractivity contribution in [2.45, 2.75) is 25.4 Å². The Labute approximate surface area is 87.4 Å². The van der Waals surface area contributed by atoms with E-state index in [9.17, 15) is 0 Å². The maximum atomic E-state index is 4.47. The second-order valence-electron chi connectivity index (χ2n) is 2.41. The first-order chi connectivity index (χ1) is 5.77. The Morgan fingerprint density at radius 2 is 2.33 bits per heavy atom. The molecule has 0 radical (unpaired) electrons. The van der Waals surface area contributed by atoms with E-state index >= 15 is 0 Å². The Kier molecular flexibility index (Phi) is 4.46. The molecule has 1 aromatic heterocycles. The summed E-state index contributed by atoms with van der Waals surface area (Å²) in [5.74, 6) is 3.03. The molecule has 0 saturated heterocycles. The van der Waals surface area contributed by atoms with Crippen molar-refractivity contribution in [2.75, 3.05) is 5.75 Å². The predicted molar refractivity (Wildman–Crippen MR) is 61.4 cm³/mol. The second kappa shape index (κ2) is 5.14. The zero-order chi connectivity index (χ0) is 8.97. The summed E-state index contributed by atoms with van der Waals surface area (Å²) in [6.45, 7) is 4.23. The number of thiol groups is 1. The van der Waals surface area contributed by atoms with Crippen LogP contribution in [0.2, 0.25) is 0 Å². The molecule has 1 aromatic rings. The third kappa shape index (κ3) is 2.68. The summed E-state index contributed by atoms with van der Waals surface area (Å²) < 4.78 is 0. The van der Waals surface area contributed by atoms with E-state index in [0.29, 0.717) is 0 Å². The van der Waals surface area contributed by atoms with Crippen LogP contribution in [-0.2, 0) is 11.5 Å². The molecular formula is C8H13NS3. The first-order valence-electron chi connectivity index (χ1n) is 3.91. The fourth-order valence-electron chi connectivity index (χ4n) is 0.886. The molecule has 1 rings (SSSR count). The molecule has 0 aromatic carbocycles. The van der Waals surface area contributed by atoms with Crippen molar-refractivity contribution >= 4 is 35.7 Å². The van der Waals surface area contributed by atoms with E-state index in [-0.39, 0.29) is 0 Å². The Morgan fingerprint density at radius 1 is 1.58 bits per heavy atom. The summed E-state index contributed by atoms with van der Waals surface area (Å²) in [5.41, 5.74) is 1.15. The smallest absolute Gasteiger partial charge is 0.103 e. The van der Waals surface area contributed by atoms with Gasteiger partial charge in [-0.3, -0.25) is 0 Å². The Bertz CT molecular complexity index is 244. The zero-order valence-electron chi connectivity index (χ0n) is 7.33. The Balaban J connectivity index is 2.62. The van der Waals surface area contributed by atoms with Gasteiger partial charge in [0.1, 0.15) is 5.01 Å². The SMILES string of the molecule is CCSCc1nc(C)c(CS)s1. The number of hydrogen-bond acceptors (Lipinski definition) is 4. The molecule has 0 bridgehead atoms. The van der Waals surface area contributed by atoms with Gasteiger partial charge in [0.25, 0.3) is 0 Å². The molecule has 12 heavy (non-hydrogen) atoms. The number of thioether (sulfide) groups is 1. The lowest BCUT2D eigenvalue weighted by Crippen LogP contribution is -1.79. The molecule has 0 N–H and O–H groups in total. The molecule has 0 aliphatic rings. The predicted octanol–water partition coefficient (Wildman–Crippen LogP) is 3.13. The van der Waals surface area contributed by atoms with E-state index in [4.69, 9.17) is 0 Å². The molecule has 0 aliphatic heterocycles. The minimum absolute atomic E-state index is 0.820. The molecule has 1 heterocycles. The van der Waals surface area contributed by atoms with Gasteiger partial charge in [-0.15, -0.1) is 11.3 Å². The van der Waals surface area contributed by atoms with Crippen LogP contribution in [0.15, 0.2) is 0 Å². The highest BCUT2D eigenvalue weighted by Gasteiger charge is 2.04. The summed E-state index contributed by atoms with van der Waals surface area (Å²) in [5, 5.41) is 1.24. The number of aromatic nitrogens is 1. The van der Waals surface area contributed by atoms with E-state index in [2.05, 4.69) is 31.5 Å². The van der Waals surface area contributed by atoms with Crippen LogP contribution in [0.5, 0.6) is 0 Å². The third-order valence-electron chi connectivity index (χ3n) is 1.51. The van der Waals surface area contributed by atoms with Gasteiger partial charge in [-0.1, -0.05) is 6.92 Å².